The standard InChI is InChI=1S/C19H15BrN4O3S/c1-12-3-4-13(9-21)5-18(12)24-11-14(10-22-24)19(25)23-16-6-15(20)7-17(8-16)28(2,26)27/h3-8,10-11H,1-2H3,(H,23,25). The molecule has 1 aromatic heterocycles. The molecule has 28 heavy (non-hydrogen) atoms. The first-order chi connectivity index (χ1) is 13.2. The van der Waals surface area contributed by atoms with Crippen LogP contribution in [-0.4, -0.2) is 30.4 Å². The number of carbonyl (C=O) groups is 1. The minimum atomic E-state index is -3.42. The van der Waals surface area contributed by atoms with Crippen molar-refractivity contribution in [2.45, 2.75) is 11.8 Å². The molecule has 1 heterocycles. The smallest absolute Gasteiger partial charge is 0.258 e. The SMILES string of the molecule is Cc1ccc(C#N)cc1-n1cc(C(=O)Nc2cc(Br)cc(S(C)(=O)=O)c2)cn1. The van der Waals surface area contributed by atoms with Crippen LogP contribution in [0, 0.1) is 18.3 Å². The molecule has 0 aliphatic heterocycles. The molecular weight excluding hydrogens is 444 g/mol. The zero-order valence-electron chi connectivity index (χ0n) is 15.0. The number of amides is 1. The van der Waals surface area contributed by atoms with Gasteiger partial charge < -0.3 is 5.32 Å². The number of rotatable bonds is 4. The molecule has 0 atom stereocenters. The van der Waals surface area contributed by atoms with E-state index in [2.05, 4.69) is 32.4 Å². The molecule has 1 amide bonds. The summed E-state index contributed by atoms with van der Waals surface area (Å²) in [6.45, 7) is 1.88. The maximum atomic E-state index is 12.6. The number of anilines is 1. The molecule has 142 valence electrons. The van der Waals surface area contributed by atoms with Crippen LogP contribution in [0.15, 0.2) is 58.2 Å². The van der Waals surface area contributed by atoms with E-state index in [1.807, 2.05) is 13.0 Å². The van der Waals surface area contributed by atoms with Crippen LogP contribution in [0.3, 0.4) is 0 Å². The Morgan fingerprint density at radius 3 is 2.68 bits per heavy atom. The van der Waals surface area contributed by atoms with E-state index in [4.69, 9.17) is 5.26 Å². The van der Waals surface area contributed by atoms with E-state index >= 15 is 0 Å². The molecule has 0 spiro atoms. The Morgan fingerprint density at radius 1 is 1.25 bits per heavy atom. The second-order valence-electron chi connectivity index (χ2n) is 6.19. The molecule has 0 unspecified atom stereocenters. The number of sulfone groups is 1. The van der Waals surface area contributed by atoms with E-state index in [0.717, 1.165) is 11.8 Å². The minimum absolute atomic E-state index is 0.0943. The summed E-state index contributed by atoms with van der Waals surface area (Å²) in [4.78, 5) is 12.7. The summed E-state index contributed by atoms with van der Waals surface area (Å²) in [6.07, 6.45) is 4.06. The lowest BCUT2D eigenvalue weighted by molar-refractivity contribution is 0.102. The largest absolute Gasteiger partial charge is 0.322 e. The predicted molar refractivity (Wildman–Crippen MR) is 108 cm³/mol. The number of benzene rings is 2. The number of aryl methyl sites for hydroxylation is 1. The van der Waals surface area contributed by atoms with Crippen molar-refractivity contribution in [3.8, 4) is 11.8 Å². The fourth-order valence-electron chi connectivity index (χ4n) is 2.55. The van der Waals surface area contributed by atoms with Gasteiger partial charge in [0.05, 0.1) is 34.0 Å². The van der Waals surface area contributed by atoms with Gasteiger partial charge in [0, 0.05) is 22.6 Å². The topological polar surface area (TPSA) is 105 Å². The number of aromatic nitrogens is 2. The molecule has 3 rings (SSSR count). The van der Waals surface area contributed by atoms with Crippen LogP contribution in [-0.2, 0) is 9.84 Å². The Bertz CT molecular complexity index is 1230. The normalized spacial score (nSPS) is 11.1. The Balaban J connectivity index is 1.88. The number of nitrogens with zero attached hydrogens (tertiary/aromatic N) is 3. The quantitative estimate of drug-likeness (QED) is 0.644. The van der Waals surface area contributed by atoms with Crippen LogP contribution in [0.5, 0.6) is 0 Å². The van der Waals surface area contributed by atoms with Gasteiger partial charge in [-0.1, -0.05) is 22.0 Å². The molecule has 0 saturated carbocycles. The van der Waals surface area contributed by atoms with Gasteiger partial charge in [-0.25, -0.2) is 13.1 Å². The Kier molecular flexibility index (Phi) is 5.36. The number of carbonyl (C=O) groups excluding carboxylic acids is 1. The summed E-state index contributed by atoms with van der Waals surface area (Å²) in [7, 11) is -3.42. The molecule has 9 heteroatoms. The van der Waals surface area contributed by atoms with Crippen molar-refractivity contribution >= 4 is 37.4 Å². The fourth-order valence-corrected chi connectivity index (χ4v) is 3.88. The number of hydrogen-bond donors (Lipinski definition) is 1. The van der Waals surface area contributed by atoms with Crippen LogP contribution in [0.2, 0.25) is 0 Å². The van der Waals surface area contributed by atoms with Crippen molar-refractivity contribution in [1.82, 2.24) is 9.78 Å². The van der Waals surface area contributed by atoms with E-state index in [0.29, 0.717) is 27.0 Å². The highest BCUT2D eigenvalue weighted by atomic mass is 79.9. The summed E-state index contributed by atoms with van der Waals surface area (Å²) < 4.78 is 25.6. The van der Waals surface area contributed by atoms with Crippen LogP contribution >= 0.6 is 15.9 Å². The first kappa shape index (κ1) is 19.8. The number of hydrogen-bond acceptors (Lipinski definition) is 5. The molecule has 2 aromatic carbocycles. The van der Waals surface area contributed by atoms with Gasteiger partial charge in [0.15, 0.2) is 9.84 Å². The third-order valence-corrected chi connectivity index (χ3v) is 5.54. The van der Waals surface area contributed by atoms with Gasteiger partial charge in [-0.05, 0) is 42.8 Å². The zero-order valence-corrected chi connectivity index (χ0v) is 17.4. The number of halogens is 1. The molecule has 0 fully saturated rings. The summed E-state index contributed by atoms with van der Waals surface area (Å²) in [6, 6.07) is 11.8. The monoisotopic (exact) mass is 458 g/mol. The van der Waals surface area contributed by atoms with E-state index in [1.54, 1.807) is 24.4 Å². The fraction of sp³-hybridized carbons (Fsp3) is 0.105. The van der Waals surface area contributed by atoms with E-state index in [9.17, 15) is 13.2 Å². The average Bonchev–Trinajstić information content (AvgIpc) is 3.11. The Morgan fingerprint density at radius 2 is 2.00 bits per heavy atom. The summed E-state index contributed by atoms with van der Waals surface area (Å²) in [5.41, 5.74) is 2.72. The average molecular weight is 459 g/mol. The van der Waals surface area contributed by atoms with Gasteiger partial charge in [-0.3, -0.25) is 4.79 Å². The van der Waals surface area contributed by atoms with Gasteiger partial charge in [0.2, 0.25) is 0 Å². The lowest BCUT2D eigenvalue weighted by Gasteiger charge is -2.07. The number of nitriles is 1. The van der Waals surface area contributed by atoms with Crippen molar-refractivity contribution in [2.24, 2.45) is 0 Å². The van der Waals surface area contributed by atoms with Gasteiger partial charge in [-0.15, -0.1) is 0 Å². The Labute approximate surface area is 170 Å². The second-order valence-corrected chi connectivity index (χ2v) is 9.12. The van der Waals surface area contributed by atoms with Gasteiger partial charge >= 0.3 is 0 Å². The van der Waals surface area contributed by atoms with E-state index in [-0.39, 0.29) is 4.90 Å². The van der Waals surface area contributed by atoms with Crippen LogP contribution in [0.25, 0.3) is 5.69 Å². The maximum Gasteiger partial charge on any atom is 0.258 e. The van der Waals surface area contributed by atoms with E-state index < -0.39 is 15.7 Å². The molecule has 1 N–H and O–H groups in total. The highest BCUT2D eigenvalue weighted by Crippen LogP contribution is 2.23. The molecule has 0 aliphatic rings. The molecule has 7 nitrogen and oxygen atoms in total. The third-order valence-electron chi connectivity index (χ3n) is 3.99. The zero-order chi connectivity index (χ0) is 20.5. The molecule has 0 radical (unpaired) electrons. The molecule has 0 saturated heterocycles. The van der Waals surface area contributed by atoms with Gasteiger partial charge in [-0.2, -0.15) is 10.4 Å². The molecule has 0 bridgehead atoms. The first-order valence-electron chi connectivity index (χ1n) is 8.05. The van der Waals surface area contributed by atoms with Gasteiger partial charge in [0.25, 0.3) is 5.91 Å². The summed E-state index contributed by atoms with van der Waals surface area (Å²) in [5, 5.41) is 15.9. The lowest BCUT2D eigenvalue weighted by atomic mass is 10.1. The molecular formula is C19H15BrN4O3S. The van der Waals surface area contributed by atoms with Crippen molar-refractivity contribution < 1.29 is 13.2 Å². The van der Waals surface area contributed by atoms with Crippen molar-refractivity contribution in [2.75, 3.05) is 11.6 Å². The van der Waals surface area contributed by atoms with Crippen molar-refractivity contribution in [1.29, 1.82) is 5.26 Å². The van der Waals surface area contributed by atoms with E-state index in [1.165, 1.54) is 23.0 Å². The summed E-state index contributed by atoms with van der Waals surface area (Å²) in [5.74, 6) is -0.433. The minimum Gasteiger partial charge on any atom is -0.322 e. The van der Waals surface area contributed by atoms with Gasteiger partial charge in [0.1, 0.15) is 0 Å². The van der Waals surface area contributed by atoms with Crippen LogP contribution in [0.4, 0.5) is 5.69 Å². The third kappa shape index (κ3) is 4.30. The lowest BCUT2D eigenvalue weighted by Crippen LogP contribution is -2.12. The highest BCUT2D eigenvalue weighted by Gasteiger charge is 2.14. The summed E-state index contributed by atoms with van der Waals surface area (Å²) >= 11 is 3.25. The maximum absolute atomic E-state index is 12.6. The second kappa shape index (κ2) is 7.58. The molecule has 0 aliphatic carbocycles. The number of nitrogens with one attached hydrogen (secondary N) is 1. The molecule has 3 aromatic rings. The Hall–Kier alpha value is -2.96. The van der Waals surface area contributed by atoms with Crippen LogP contribution in [0.1, 0.15) is 21.5 Å². The van der Waals surface area contributed by atoms with Crippen molar-refractivity contribution in [3.05, 3.63) is 70.0 Å². The van der Waals surface area contributed by atoms with Crippen LogP contribution < -0.4 is 5.32 Å². The predicted octanol–water partition coefficient (Wildman–Crippen LogP) is 3.47. The first-order valence-corrected chi connectivity index (χ1v) is 10.7. The van der Waals surface area contributed by atoms with Crippen molar-refractivity contribution in [3.63, 3.8) is 0 Å². The highest BCUT2D eigenvalue weighted by molar-refractivity contribution is 9.10.